The van der Waals surface area contributed by atoms with Gasteiger partial charge in [-0.05, 0) is 39.2 Å². The van der Waals surface area contributed by atoms with Gasteiger partial charge in [0.1, 0.15) is 0 Å². The third kappa shape index (κ3) is 5.31. The van der Waals surface area contributed by atoms with Crippen molar-refractivity contribution in [1.29, 1.82) is 0 Å². The molecule has 98 valence electrons. The molecule has 2 heteroatoms. The Kier molecular flexibility index (Phi) is 8.04. The monoisotopic (exact) mass is 229 g/mol. The third-order valence-corrected chi connectivity index (χ3v) is 3.48. The molecule has 0 saturated heterocycles. The lowest BCUT2D eigenvalue weighted by Crippen LogP contribution is -2.45. The molecule has 0 spiro atoms. The number of likely N-dealkylation sites (N-methyl/N-ethyl adjacent to an activating group) is 1. The number of hydrogen-bond acceptors (Lipinski definition) is 2. The van der Waals surface area contributed by atoms with Gasteiger partial charge in [0.2, 0.25) is 0 Å². The van der Waals surface area contributed by atoms with Gasteiger partial charge in [0.05, 0.1) is 6.10 Å². The lowest BCUT2D eigenvalue weighted by Gasteiger charge is -2.36. The van der Waals surface area contributed by atoms with Gasteiger partial charge in [-0.1, -0.05) is 34.1 Å². The second-order valence-corrected chi connectivity index (χ2v) is 5.48. The van der Waals surface area contributed by atoms with Crippen molar-refractivity contribution in [3.05, 3.63) is 0 Å². The van der Waals surface area contributed by atoms with Crippen LogP contribution in [0.3, 0.4) is 0 Å². The molecule has 0 aromatic heterocycles. The number of aliphatic hydroxyl groups excluding tert-OH is 1. The molecule has 0 heterocycles. The van der Waals surface area contributed by atoms with Crippen LogP contribution in [0.5, 0.6) is 0 Å². The van der Waals surface area contributed by atoms with Gasteiger partial charge in [-0.3, -0.25) is 4.90 Å². The maximum Gasteiger partial charge on any atom is 0.0695 e. The zero-order chi connectivity index (χ0) is 12.7. The zero-order valence-electron chi connectivity index (χ0n) is 12.0. The van der Waals surface area contributed by atoms with E-state index >= 15 is 0 Å². The van der Waals surface area contributed by atoms with E-state index in [1.54, 1.807) is 0 Å². The molecule has 3 atom stereocenters. The maximum absolute atomic E-state index is 10.1. The van der Waals surface area contributed by atoms with Crippen LogP contribution in [0, 0.1) is 5.92 Å². The van der Waals surface area contributed by atoms with E-state index in [1.165, 1.54) is 6.42 Å². The van der Waals surface area contributed by atoms with E-state index in [2.05, 4.69) is 46.6 Å². The third-order valence-electron chi connectivity index (χ3n) is 3.48. The molecule has 0 aliphatic rings. The first-order valence-corrected chi connectivity index (χ1v) is 6.83. The van der Waals surface area contributed by atoms with Crippen LogP contribution in [-0.4, -0.2) is 35.2 Å². The van der Waals surface area contributed by atoms with Crippen LogP contribution >= 0.6 is 0 Å². The number of aliphatic hydroxyl groups is 1. The fraction of sp³-hybridized carbons (Fsp3) is 1.00. The molecule has 0 fully saturated rings. The molecule has 3 unspecified atom stereocenters. The average Bonchev–Trinajstić information content (AvgIpc) is 2.17. The van der Waals surface area contributed by atoms with Crippen LogP contribution in [0.1, 0.15) is 60.3 Å². The highest BCUT2D eigenvalue weighted by Gasteiger charge is 2.24. The summed E-state index contributed by atoms with van der Waals surface area (Å²) in [6.07, 6.45) is 4.03. The summed E-state index contributed by atoms with van der Waals surface area (Å²) < 4.78 is 0. The molecular weight excluding hydrogens is 198 g/mol. The Morgan fingerprint density at radius 3 is 2.06 bits per heavy atom. The highest BCUT2D eigenvalue weighted by Crippen LogP contribution is 2.18. The Hall–Kier alpha value is -0.0800. The first kappa shape index (κ1) is 15.9. The zero-order valence-corrected chi connectivity index (χ0v) is 12.0. The lowest BCUT2D eigenvalue weighted by atomic mass is 9.98. The predicted octanol–water partition coefficient (Wildman–Crippen LogP) is 3.29. The smallest absolute Gasteiger partial charge is 0.0695 e. The molecule has 0 bridgehead atoms. The average molecular weight is 229 g/mol. The van der Waals surface area contributed by atoms with Crippen LogP contribution in [0.4, 0.5) is 0 Å². The minimum absolute atomic E-state index is 0.172. The van der Waals surface area contributed by atoms with Gasteiger partial charge in [0.25, 0.3) is 0 Å². The van der Waals surface area contributed by atoms with Gasteiger partial charge >= 0.3 is 0 Å². The molecule has 0 aromatic rings. The molecule has 0 aliphatic carbocycles. The minimum Gasteiger partial charge on any atom is -0.391 e. The molecule has 2 nitrogen and oxygen atoms in total. The van der Waals surface area contributed by atoms with Gasteiger partial charge < -0.3 is 5.11 Å². The normalized spacial score (nSPS) is 17.8. The molecule has 0 saturated carbocycles. The summed E-state index contributed by atoms with van der Waals surface area (Å²) in [4.78, 5) is 2.36. The maximum atomic E-state index is 10.1. The van der Waals surface area contributed by atoms with Crippen LogP contribution in [0.25, 0.3) is 0 Å². The summed E-state index contributed by atoms with van der Waals surface area (Å²) in [5.74, 6) is 0.721. The first-order chi connectivity index (χ1) is 7.43. The Labute approximate surface area is 102 Å². The molecule has 0 aromatic carbocycles. The number of rotatable bonds is 8. The minimum atomic E-state index is -0.172. The Bertz CT molecular complexity index is 170. The van der Waals surface area contributed by atoms with Crippen molar-refractivity contribution in [3.8, 4) is 0 Å². The van der Waals surface area contributed by atoms with Crippen molar-refractivity contribution in [1.82, 2.24) is 4.90 Å². The van der Waals surface area contributed by atoms with Crippen LogP contribution in [0.15, 0.2) is 0 Å². The summed E-state index contributed by atoms with van der Waals surface area (Å²) in [5, 5.41) is 10.1. The van der Waals surface area contributed by atoms with Gasteiger partial charge in [0.15, 0.2) is 0 Å². The van der Waals surface area contributed by atoms with E-state index < -0.39 is 0 Å². The first-order valence-electron chi connectivity index (χ1n) is 6.83. The van der Waals surface area contributed by atoms with E-state index in [4.69, 9.17) is 0 Å². The van der Waals surface area contributed by atoms with E-state index in [0.717, 1.165) is 25.2 Å². The van der Waals surface area contributed by atoms with E-state index in [0.29, 0.717) is 12.1 Å². The molecule has 0 rings (SSSR count). The molecule has 1 N–H and O–H groups in total. The molecule has 0 amide bonds. The predicted molar refractivity (Wildman–Crippen MR) is 71.7 cm³/mol. The molecule has 0 radical (unpaired) electrons. The van der Waals surface area contributed by atoms with Gasteiger partial charge in [0, 0.05) is 12.1 Å². The molecule has 16 heavy (non-hydrogen) atoms. The SMILES string of the molecule is CCCC(O)C(CC)N(C)C(C)CC(C)C. The summed E-state index contributed by atoms with van der Waals surface area (Å²) in [5.41, 5.74) is 0. The topological polar surface area (TPSA) is 23.5 Å². The van der Waals surface area contributed by atoms with E-state index in [1.807, 2.05) is 0 Å². The highest BCUT2D eigenvalue weighted by molar-refractivity contribution is 4.79. The van der Waals surface area contributed by atoms with E-state index in [-0.39, 0.29) is 6.10 Å². The Balaban J connectivity index is 4.33. The second-order valence-electron chi connectivity index (χ2n) is 5.48. The van der Waals surface area contributed by atoms with Crippen molar-refractivity contribution in [3.63, 3.8) is 0 Å². The van der Waals surface area contributed by atoms with Crippen molar-refractivity contribution in [2.24, 2.45) is 5.92 Å². The van der Waals surface area contributed by atoms with Gasteiger partial charge in [-0.2, -0.15) is 0 Å². The van der Waals surface area contributed by atoms with Crippen molar-refractivity contribution < 1.29 is 5.11 Å². The van der Waals surface area contributed by atoms with Crippen LogP contribution in [-0.2, 0) is 0 Å². The largest absolute Gasteiger partial charge is 0.391 e. The number of nitrogens with zero attached hydrogens (tertiary/aromatic N) is 1. The van der Waals surface area contributed by atoms with Gasteiger partial charge in [-0.25, -0.2) is 0 Å². The summed E-state index contributed by atoms with van der Waals surface area (Å²) >= 11 is 0. The quantitative estimate of drug-likeness (QED) is 0.690. The molecule has 0 aliphatic heterocycles. The number of hydrogen-bond donors (Lipinski definition) is 1. The van der Waals surface area contributed by atoms with Crippen LogP contribution in [0.2, 0.25) is 0 Å². The van der Waals surface area contributed by atoms with Crippen molar-refractivity contribution >= 4 is 0 Å². The van der Waals surface area contributed by atoms with Crippen molar-refractivity contribution in [2.45, 2.75) is 78.5 Å². The Morgan fingerprint density at radius 2 is 1.69 bits per heavy atom. The second kappa shape index (κ2) is 8.08. The summed E-state index contributed by atoms with van der Waals surface area (Å²) in [6.45, 7) is 11.1. The molecular formula is C14H31NO. The van der Waals surface area contributed by atoms with E-state index in [9.17, 15) is 5.11 Å². The van der Waals surface area contributed by atoms with Crippen molar-refractivity contribution in [2.75, 3.05) is 7.05 Å². The lowest BCUT2D eigenvalue weighted by molar-refractivity contribution is 0.0318. The van der Waals surface area contributed by atoms with Crippen LogP contribution < -0.4 is 0 Å². The van der Waals surface area contributed by atoms with Gasteiger partial charge in [-0.15, -0.1) is 0 Å². The fourth-order valence-electron chi connectivity index (χ4n) is 2.49. The summed E-state index contributed by atoms with van der Waals surface area (Å²) in [7, 11) is 2.15. The Morgan fingerprint density at radius 1 is 1.12 bits per heavy atom. The fourth-order valence-corrected chi connectivity index (χ4v) is 2.49. The standard InChI is InChI=1S/C14H31NO/c1-7-9-14(16)13(8-2)15(6)12(5)10-11(3)4/h11-14,16H,7-10H2,1-6H3. The highest BCUT2D eigenvalue weighted by atomic mass is 16.3. The summed E-state index contributed by atoms with van der Waals surface area (Å²) in [6, 6.07) is 0.866.